The van der Waals surface area contributed by atoms with Crippen molar-refractivity contribution in [2.24, 2.45) is 0 Å². The molecule has 6 heteroatoms. The van der Waals surface area contributed by atoms with Gasteiger partial charge in [-0.05, 0) is 25.3 Å². The van der Waals surface area contributed by atoms with Crippen LogP contribution in [-0.4, -0.2) is 39.4 Å². The number of nitrogens with zero attached hydrogens (tertiary/aromatic N) is 1. The van der Waals surface area contributed by atoms with Crippen LogP contribution in [0.3, 0.4) is 0 Å². The van der Waals surface area contributed by atoms with Crippen molar-refractivity contribution in [3.05, 3.63) is 35.4 Å². The van der Waals surface area contributed by atoms with Crippen molar-refractivity contribution < 1.29 is 24.5 Å². The lowest BCUT2D eigenvalue weighted by Gasteiger charge is -2.24. The minimum Gasteiger partial charge on any atom is -0.480 e. The minimum atomic E-state index is -1.13. The van der Waals surface area contributed by atoms with E-state index in [1.165, 1.54) is 0 Å². The van der Waals surface area contributed by atoms with Crippen LogP contribution >= 0.6 is 0 Å². The van der Waals surface area contributed by atoms with Gasteiger partial charge >= 0.3 is 12.1 Å². The molecular weight excluding hydrogens is 262 g/mol. The third-order valence-corrected chi connectivity index (χ3v) is 3.33. The first-order valence-electron chi connectivity index (χ1n) is 6.40. The molecule has 0 aromatic heterocycles. The Morgan fingerprint density at radius 1 is 1.30 bits per heavy atom. The summed E-state index contributed by atoms with van der Waals surface area (Å²) in [7, 11) is 0. The second-order valence-electron chi connectivity index (χ2n) is 4.86. The van der Waals surface area contributed by atoms with E-state index in [1.807, 2.05) is 31.2 Å². The standard InChI is InChI=1S/C14H17NO5/c1-9-2-4-10(5-3-9)8-20-14(19)15-11(13(17)18)6-7-12(15)16/h2-5,11-12,16H,6-8H2,1H3,(H,17,18). The van der Waals surface area contributed by atoms with Gasteiger partial charge in [-0.3, -0.25) is 4.90 Å². The fourth-order valence-electron chi connectivity index (χ4n) is 2.19. The third kappa shape index (κ3) is 3.08. The molecule has 2 rings (SSSR count). The van der Waals surface area contributed by atoms with E-state index in [0.717, 1.165) is 16.0 Å². The van der Waals surface area contributed by atoms with Crippen LogP contribution in [0.1, 0.15) is 24.0 Å². The predicted octanol–water partition coefficient (Wildman–Crippen LogP) is 1.50. The van der Waals surface area contributed by atoms with Crippen LogP contribution in [0.15, 0.2) is 24.3 Å². The van der Waals surface area contributed by atoms with Crippen LogP contribution in [0.25, 0.3) is 0 Å². The summed E-state index contributed by atoms with van der Waals surface area (Å²) >= 11 is 0. The second kappa shape index (κ2) is 5.92. The lowest BCUT2D eigenvalue weighted by molar-refractivity contribution is -0.143. The number of hydrogen-bond acceptors (Lipinski definition) is 4. The van der Waals surface area contributed by atoms with E-state index in [2.05, 4.69) is 0 Å². The van der Waals surface area contributed by atoms with E-state index in [1.54, 1.807) is 0 Å². The van der Waals surface area contributed by atoms with Crippen molar-refractivity contribution in [1.29, 1.82) is 0 Å². The molecule has 0 radical (unpaired) electrons. The molecule has 0 spiro atoms. The molecule has 20 heavy (non-hydrogen) atoms. The summed E-state index contributed by atoms with van der Waals surface area (Å²) in [5.74, 6) is -1.13. The Hall–Kier alpha value is -2.08. The highest BCUT2D eigenvalue weighted by molar-refractivity contribution is 5.80. The van der Waals surface area contributed by atoms with Gasteiger partial charge in [0.2, 0.25) is 0 Å². The van der Waals surface area contributed by atoms with Gasteiger partial charge in [-0.1, -0.05) is 29.8 Å². The average Bonchev–Trinajstić information content (AvgIpc) is 2.80. The Morgan fingerprint density at radius 2 is 1.95 bits per heavy atom. The maximum Gasteiger partial charge on any atom is 0.412 e. The molecule has 108 valence electrons. The predicted molar refractivity (Wildman–Crippen MR) is 69.9 cm³/mol. The van der Waals surface area contributed by atoms with Crippen LogP contribution in [0, 0.1) is 6.92 Å². The number of aliphatic hydroxyl groups is 1. The molecule has 0 saturated carbocycles. The smallest absolute Gasteiger partial charge is 0.412 e. The lowest BCUT2D eigenvalue weighted by atomic mass is 10.2. The minimum absolute atomic E-state index is 0.0503. The lowest BCUT2D eigenvalue weighted by Crippen LogP contribution is -2.45. The number of aliphatic carboxylic acids is 1. The van der Waals surface area contributed by atoms with E-state index < -0.39 is 24.3 Å². The summed E-state index contributed by atoms with van der Waals surface area (Å²) in [6.45, 7) is 2.00. The highest BCUT2D eigenvalue weighted by atomic mass is 16.6. The molecule has 1 amide bonds. The Morgan fingerprint density at radius 3 is 2.55 bits per heavy atom. The number of amides is 1. The van der Waals surface area contributed by atoms with Gasteiger partial charge in [0.1, 0.15) is 18.9 Å². The molecule has 1 aliphatic heterocycles. The highest BCUT2D eigenvalue weighted by Crippen LogP contribution is 2.24. The van der Waals surface area contributed by atoms with Gasteiger partial charge in [-0.25, -0.2) is 9.59 Å². The topological polar surface area (TPSA) is 87.1 Å². The van der Waals surface area contributed by atoms with Crippen LogP contribution in [0.4, 0.5) is 4.79 Å². The quantitative estimate of drug-likeness (QED) is 0.875. The molecule has 1 saturated heterocycles. The zero-order chi connectivity index (χ0) is 14.7. The first kappa shape index (κ1) is 14.3. The number of hydrogen-bond donors (Lipinski definition) is 2. The summed E-state index contributed by atoms with van der Waals surface area (Å²) in [5, 5.41) is 18.7. The molecule has 2 atom stereocenters. The molecule has 1 fully saturated rings. The normalized spacial score (nSPS) is 21.8. The molecule has 1 aromatic rings. The number of carbonyl (C=O) groups is 2. The van der Waals surface area contributed by atoms with E-state index in [0.29, 0.717) is 0 Å². The fourth-order valence-corrected chi connectivity index (χ4v) is 2.19. The molecule has 1 aromatic carbocycles. The third-order valence-electron chi connectivity index (χ3n) is 3.33. The highest BCUT2D eigenvalue weighted by Gasteiger charge is 2.41. The first-order valence-corrected chi connectivity index (χ1v) is 6.40. The Bertz CT molecular complexity index is 499. The number of ether oxygens (including phenoxy) is 1. The molecule has 0 aliphatic carbocycles. The summed E-state index contributed by atoms with van der Waals surface area (Å²) in [5.41, 5.74) is 1.91. The van der Waals surface area contributed by atoms with Gasteiger partial charge in [-0.2, -0.15) is 0 Å². The summed E-state index contributed by atoms with van der Waals surface area (Å²) < 4.78 is 5.07. The van der Waals surface area contributed by atoms with E-state index >= 15 is 0 Å². The van der Waals surface area contributed by atoms with Crippen molar-refractivity contribution in [2.45, 2.75) is 38.6 Å². The van der Waals surface area contributed by atoms with Crippen LogP contribution < -0.4 is 0 Å². The molecular formula is C14H17NO5. The number of carboxylic acid groups (broad SMARTS) is 1. The van der Waals surface area contributed by atoms with Crippen molar-refractivity contribution in [1.82, 2.24) is 4.90 Å². The van der Waals surface area contributed by atoms with E-state index in [-0.39, 0.29) is 19.4 Å². The first-order chi connectivity index (χ1) is 9.49. The number of benzene rings is 1. The van der Waals surface area contributed by atoms with E-state index in [9.17, 15) is 14.7 Å². The van der Waals surface area contributed by atoms with Crippen molar-refractivity contribution in [3.8, 4) is 0 Å². The number of carbonyl (C=O) groups excluding carboxylic acids is 1. The van der Waals surface area contributed by atoms with Crippen LogP contribution in [0.2, 0.25) is 0 Å². The number of carboxylic acids is 1. The monoisotopic (exact) mass is 279 g/mol. The van der Waals surface area contributed by atoms with Gasteiger partial charge < -0.3 is 14.9 Å². The number of rotatable bonds is 3. The van der Waals surface area contributed by atoms with Gasteiger partial charge in [-0.15, -0.1) is 0 Å². The molecule has 6 nitrogen and oxygen atoms in total. The molecule has 1 aliphatic rings. The molecule has 0 bridgehead atoms. The molecule has 1 heterocycles. The maximum atomic E-state index is 11.9. The van der Waals surface area contributed by atoms with Gasteiger partial charge in [0, 0.05) is 0 Å². The van der Waals surface area contributed by atoms with Crippen LogP contribution in [-0.2, 0) is 16.1 Å². The maximum absolute atomic E-state index is 11.9. The largest absolute Gasteiger partial charge is 0.480 e. The average molecular weight is 279 g/mol. The van der Waals surface area contributed by atoms with Crippen molar-refractivity contribution in [2.75, 3.05) is 0 Å². The van der Waals surface area contributed by atoms with Crippen LogP contribution in [0.5, 0.6) is 0 Å². The zero-order valence-electron chi connectivity index (χ0n) is 11.2. The summed E-state index contributed by atoms with van der Waals surface area (Å²) in [4.78, 5) is 23.8. The molecule has 2 unspecified atom stereocenters. The summed E-state index contributed by atoms with van der Waals surface area (Å²) in [6.07, 6.45) is -1.42. The Labute approximate surface area is 116 Å². The summed E-state index contributed by atoms with van der Waals surface area (Å²) in [6, 6.07) is 6.44. The van der Waals surface area contributed by atoms with E-state index in [4.69, 9.17) is 9.84 Å². The number of likely N-dealkylation sites (tertiary alicyclic amines) is 1. The Kier molecular flexibility index (Phi) is 4.24. The van der Waals surface area contributed by atoms with Crippen molar-refractivity contribution >= 4 is 12.1 Å². The number of aryl methyl sites for hydroxylation is 1. The zero-order valence-corrected chi connectivity index (χ0v) is 11.2. The second-order valence-corrected chi connectivity index (χ2v) is 4.86. The van der Waals surface area contributed by atoms with Gasteiger partial charge in [0.15, 0.2) is 0 Å². The number of aliphatic hydroxyl groups excluding tert-OH is 1. The molecule has 2 N–H and O–H groups in total. The van der Waals surface area contributed by atoms with Gasteiger partial charge in [0.25, 0.3) is 0 Å². The SMILES string of the molecule is Cc1ccc(COC(=O)N2C(O)CCC2C(=O)O)cc1. The van der Waals surface area contributed by atoms with Gasteiger partial charge in [0.05, 0.1) is 0 Å². The fraction of sp³-hybridized carbons (Fsp3) is 0.429. The van der Waals surface area contributed by atoms with Crippen molar-refractivity contribution in [3.63, 3.8) is 0 Å². The Balaban J connectivity index is 1.97.